The molecule has 0 saturated carbocycles. The van der Waals surface area contributed by atoms with E-state index in [4.69, 9.17) is 24.2 Å². The molecule has 1 aromatic heterocycles. The minimum Gasteiger partial charge on any atom is -0.497 e. The number of morpholine rings is 1. The van der Waals surface area contributed by atoms with Gasteiger partial charge >= 0.3 is 0 Å². The van der Waals surface area contributed by atoms with E-state index in [1.165, 1.54) is 12.1 Å². The third-order valence-electron chi connectivity index (χ3n) is 6.53. The van der Waals surface area contributed by atoms with Crippen LogP contribution in [0.4, 0.5) is 10.2 Å². The second kappa shape index (κ2) is 10.5. The normalized spacial score (nSPS) is 15.4. The van der Waals surface area contributed by atoms with Crippen molar-refractivity contribution in [3.05, 3.63) is 76.5 Å². The van der Waals surface area contributed by atoms with Crippen LogP contribution >= 0.6 is 0 Å². The lowest BCUT2D eigenvalue weighted by Gasteiger charge is -2.34. The van der Waals surface area contributed by atoms with Gasteiger partial charge < -0.3 is 24.0 Å². The lowest BCUT2D eigenvalue weighted by atomic mass is 10.0. The number of anilines is 1. The van der Waals surface area contributed by atoms with E-state index in [9.17, 15) is 9.18 Å². The third kappa shape index (κ3) is 5.11. The first-order chi connectivity index (χ1) is 17.5. The van der Waals surface area contributed by atoms with Crippen molar-refractivity contribution in [2.45, 2.75) is 19.4 Å². The van der Waals surface area contributed by atoms with Crippen molar-refractivity contribution >= 4 is 11.7 Å². The zero-order valence-electron chi connectivity index (χ0n) is 20.5. The van der Waals surface area contributed by atoms with Crippen molar-refractivity contribution in [1.29, 1.82) is 0 Å². The summed E-state index contributed by atoms with van der Waals surface area (Å²) in [5.74, 6) is 2.23. The minimum atomic E-state index is -0.276. The van der Waals surface area contributed by atoms with Crippen molar-refractivity contribution in [2.24, 2.45) is 0 Å². The molecule has 0 N–H and O–H groups in total. The van der Waals surface area contributed by atoms with E-state index in [0.29, 0.717) is 75.1 Å². The number of ether oxygens (including phenoxy) is 3. The number of benzene rings is 2. The molecule has 3 heterocycles. The molecule has 188 valence electrons. The molecule has 1 fully saturated rings. The Balaban J connectivity index is 1.46. The Kier molecular flexibility index (Phi) is 6.99. The van der Waals surface area contributed by atoms with Crippen LogP contribution in [0.15, 0.2) is 42.5 Å². The van der Waals surface area contributed by atoms with Crippen LogP contribution in [-0.4, -0.2) is 67.8 Å². The van der Waals surface area contributed by atoms with Gasteiger partial charge in [-0.3, -0.25) is 4.79 Å². The smallest absolute Gasteiger partial charge is 0.254 e. The van der Waals surface area contributed by atoms with Crippen LogP contribution in [0.5, 0.6) is 11.5 Å². The van der Waals surface area contributed by atoms with Gasteiger partial charge in [0.2, 0.25) is 0 Å². The predicted molar refractivity (Wildman–Crippen MR) is 132 cm³/mol. The highest BCUT2D eigenvalue weighted by Crippen LogP contribution is 2.30. The SMILES string of the molecule is COc1cc(OC)cc(C(=O)N2CCc3nc(Cc4cccc(F)c4)nc(N4CCOCC4)c3C2)c1. The Morgan fingerprint density at radius 1 is 1.03 bits per heavy atom. The topological polar surface area (TPSA) is 77.0 Å². The first-order valence-corrected chi connectivity index (χ1v) is 12.0. The van der Waals surface area contributed by atoms with Crippen LogP contribution in [0.1, 0.15) is 33.0 Å². The summed E-state index contributed by atoms with van der Waals surface area (Å²) < 4.78 is 30.0. The lowest BCUT2D eigenvalue weighted by Crippen LogP contribution is -2.41. The summed E-state index contributed by atoms with van der Waals surface area (Å²) in [6.07, 6.45) is 1.05. The highest BCUT2D eigenvalue weighted by Gasteiger charge is 2.29. The molecule has 0 aliphatic carbocycles. The molecule has 1 amide bonds. The van der Waals surface area contributed by atoms with Gasteiger partial charge in [-0.25, -0.2) is 14.4 Å². The first-order valence-electron chi connectivity index (χ1n) is 12.0. The molecular formula is C27H29FN4O4. The number of halogens is 1. The van der Waals surface area contributed by atoms with Crippen molar-refractivity contribution in [2.75, 3.05) is 52.0 Å². The van der Waals surface area contributed by atoms with E-state index in [2.05, 4.69) is 4.90 Å². The fourth-order valence-corrected chi connectivity index (χ4v) is 4.68. The average Bonchev–Trinajstić information content (AvgIpc) is 2.92. The van der Waals surface area contributed by atoms with Crippen molar-refractivity contribution in [1.82, 2.24) is 14.9 Å². The molecule has 2 aliphatic rings. The fourth-order valence-electron chi connectivity index (χ4n) is 4.68. The number of nitrogens with zero attached hydrogens (tertiary/aromatic N) is 4. The maximum Gasteiger partial charge on any atom is 0.254 e. The summed E-state index contributed by atoms with van der Waals surface area (Å²) in [7, 11) is 3.13. The number of methoxy groups -OCH3 is 2. The van der Waals surface area contributed by atoms with Crippen LogP contribution < -0.4 is 14.4 Å². The van der Waals surface area contributed by atoms with E-state index in [-0.39, 0.29) is 11.7 Å². The van der Waals surface area contributed by atoms with Gasteiger partial charge in [0.25, 0.3) is 5.91 Å². The Morgan fingerprint density at radius 2 is 1.78 bits per heavy atom. The van der Waals surface area contributed by atoms with E-state index in [1.807, 2.05) is 11.0 Å². The summed E-state index contributed by atoms with van der Waals surface area (Å²) >= 11 is 0. The van der Waals surface area contributed by atoms with Crippen LogP contribution in [0.2, 0.25) is 0 Å². The van der Waals surface area contributed by atoms with Gasteiger partial charge in [0, 0.05) is 49.7 Å². The summed E-state index contributed by atoms with van der Waals surface area (Å²) in [6, 6.07) is 11.7. The number of carbonyl (C=O) groups is 1. The summed E-state index contributed by atoms with van der Waals surface area (Å²) in [4.78, 5) is 27.3. The van der Waals surface area contributed by atoms with E-state index in [0.717, 1.165) is 22.6 Å². The number of fused-ring (bicyclic) bond motifs is 1. The summed E-state index contributed by atoms with van der Waals surface area (Å²) in [5.41, 5.74) is 3.22. The van der Waals surface area contributed by atoms with Gasteiger partial charge in [-0.1, -0.05) is 12.1 Å². The van der Waals surface area contributed by atoms with Crippen LogP contribution in [-0.2, 0) is 24.1 Å². The lowest BCUT2D eigenvalue weighted by molar-refractivity contribution is 0.0732. The molecule has 0 atom stereocenters. The van der Waals surface area contributed by atoms with Crippen LogP contribution in [0.25, 0.3) is 0 Å². The molecule has 1 saturated heterocycles. The minimum absolute atomic E-state index is 0.102. The Hall–Kier alpha value is -3.72. The quantitative estimate of drug-likeness (QED) is 0.523. The maximum absolute atomic E-state index is 13.8. The molecule has 2 aromatic carbocycles. The number of aromatic nitrogens is 2. The van der Waals surface area contributed by atoms with Crippen LogP contribution in [0, 0.1) is 5.82 Å². The molecule has 0 unspecified atom stereocenters. The highest BCUT2D eigenvalue weighted by molar-refractivity contribution is 5.95. The highest BCUT2D eigenvalue weighted by atomic mass is 19.1. The number of carbonyl (C=O) groups excluding carboxylic acids is 1. The van der Waals surface area contributed by atoms with Gasteiger partial charge in [-0.05, 0) is 29.8 Å². The van der Waals surface area contributed by atoms with E-state index in [1.54, 1.807) is 38.5 Å². The second-order valence-corrected chi connectivity index (χ2v) is 8.87. The van der Waals surface area contributed by atoms with Crippen molar-refractivity contribution in [3.63, 3.8) is 0 Å². The Morgan fingerprint density at radius 3 is 2.47 bits per heavy atom. The summed E-state index contributed by atoms with van der Waals surface area (Å²) in [5, 5.41) is 0. The van der Waals surface area contributed by atoms with Gasteiger partial charge in [-0.2, -0.15) is 0 Å². The molecular weight excluding hydrogens is 463 g/mol. The molecule has 36 heavy (non-hydrogen) atoms. The van der Waals surface area contributed by atoms with E-state index < -0.39 is 0 Å². The van der Waals surface area contributed by atoms with E-state index >= 15 is 0 Å². The monoisotopic (exact) mass is 492 g/mol. The Labute approximate surface area is 209 Å². The third-order valence-corrected chi connectivity index (χ3v) is 6.53. The van der Waals surface area contributed by atoms with Gasteiger partial charge in [0.1, 0.15) is 29.0 Å². The molecule has 9 heteroatoms. The van der Waals surface area contributed by atoms with Gasteiger partial charge in [-0.15, -0.1) is 0 Å². The van der Waals surface area contributed by atoms with Gasteiger partial charge in [0.05, 0.1) is 39.7 Å². The number of amides is 1. The van der Waals surface area contributed by atoms with Crippen molar-refractivity contribution in [3.8, 4) is 11.5 Å². The molecule has 8 nitrogen and oxygen atoms in total. The summed E-state index contributed by atoms with van der Waals surface area (Å²) in [6.45, 7) is 3.59. The second-order valence-electron chi connectivity index (χ2n) is 8.87. The predicted octanol–water partition coefficient (Wildman–Crippen LogP) is 3.26. The number of hydrogen-bond acceptors (Lipinski definition) is 7. The molecule has 3 aromatic rings. The first kappa shape index (κ1) is 24.0. The fraction of sp³-hybridized carbons (Fsp3) is 0.370. The van der Waals surface area contributed by atoms with Crippen molar-refractivity contribution < 1.29 is 23.4 Å². The standard InChI is InChI=1S/C27H29FN4O4/c1-34-21-14-19(15-22(16-21)35-2)27(33)32-7-6-24-23(17-32)26(31-8-10-36-11-9-31)30-25(29-24)13-18-4-3-5-20(28)12-18/h3-5,12,14-16H,6-11,13,17H2,1-2H3. The molecule has 0 radical (unpaired) electrons. The van der Waals surface area contributed by atoms with Crippen LogP contribution in [0.3, 0.4) is 0 Å². The largest absolute Gasteiger partial charge is 0.497 e. The Bertz CT molecular complexity index is 1240. The molecule has 0 spiro atoms. The average molecular weight is 493 g/mol. The number of hydrogen-bond donors (Lipinski definition) is 0. The van der Waals surface area contributed by atoms with Gasteiger partial charge in [0.15, 0.2) is 0 Å². The molecule has 0 bridgehead atoms. The zero-order valence-corrected chi connectivity index (χ0v) is 20.5. The molecule has 5 rings (SSSR count). The zero-order chi connectivity index (χ0) is 25.1. The number of rotatable bonds is 6. The molecule has 2 aliphatic heterocycles. The maximum atomic E-state index is 13.8.